The molecule has 0 amide bonds. The van der Waals surface area contributed by atoms with Crippen molar-refractivity contribution in [2.75, 3.05) is 33.9 Å². The Kier molecular flexibility index (Phi) is 5.83. The minimum Gasteiger partial charge on any atom is -0.492 e. The summed E-state index contributed by atoms with van der Waals surface area (Å²) in [6, 6.07) is 8.78. The van der Waals surface area contributed by atoms with Crippen molar-refractivity contribution in [1.82, 2.24) is 10.2 Å². The van der Waals surface area contributed by atoms with E-state index in [1.165, 1.54) is 5.56 Å². The van der Waals surface area contributed by atoms with Gasteiger partial charge in [-0.15, -0.1) is 0 Å². The first-order valence-corrected chi connectivity index (χ1v) is 7.39. The molecule has 4 heteroatoms. The quantitative estimate of drug-likeness (QED) is 0.826. The van der Waals surface area contributed by atoms with Gasteiger partial charge in [-0.1, -0.05) is 12.1 Å². The van der Waals surface area contributed by atoms with Gasteiger partial charge in [0.05, 0.1) is 6.10 Å². The number of hydrogen-bond donors (Lipinski definition) is 1. The Morgan fingerprint density at radius 2 is 2.30 bits per heavy atom. The van der Waals surface area contributed by atoms with Crippen molar-refractivity contribution in [2.45, 2.75) is 32.0 Å². The summed E-state index contributed by atoms with van der Waals surface area (Å²) in [4.78, 5) is 2.34. The smallest absolute Gasteiger partial charge is 0.119 e. The molecular weight excluding hydrogens is 252 g/mol. The fourth-order valence-electron chi connectivity index (χ4n) is 2.72. The Morgan fingerprint density at radius 1 is 1.45 bits per heavy atom. The molecule has 0 aliphatic carbocycles. The third kappa shape index (κ3) is 4.20. The molecule has 1 aliphatic rings. The molecule has 1 aliphatic heterocycles. The lowest BCUT2D eigenvalue weighted by molar-refractivity contribution is 0.0787. The fraction of sp³-hybridized carbons (Fsp3) is 0.625. The summed E-state index contributed by atoms with van der Waals surface area (Å²) < 4.78 is 11.5. The second-order valence-electron chi connectivity index (χ2n) is 5.44. The monoisotopic (exact) mass is 278 g/mol. The number of benzene rings is 1. The normalized spacial score (nSPS) is 22.4. The molecule has 20 heavy (non-hydrogen) atoms. The molecule has 1 aromatic rings. The minimum absolute atomic E-state index is 0.332. The van der Waals surface area contributed by atoms with Crippen LogP contribution in [0.4, 0.5) is 0 Å². The van der Waals surface area contributed by atoms with Crippen molar-refractivity contribution in [3.8, 4) is 5.75 Å². The maximum atomic E-state index is 5.85. The van der Waals surface area contributed by atoms with E-state index >= 15 is 0 Å². The van der Waals surface area contributed by atoms with Crippen LogP contribution in [0.1, 0.15) is 18.9 Å². The van der Waals surface area contributed by atoms with E-state index in [1.807, 2.05) is 19.2 Å². The van der Waals surface area contributed by atoms with Gasteiger partial charge >= 0.3 is 0 Å². The number of nitrogens with zero attached hydrogens (tertiary/aromatic N) is 1. The van der Waals surface area contributed by atoms with Crippen LogP contribution in [0.3, 0.4) is 0 Å². The van der Waals surface area contributed by atoms with E-state index in [-0.39, 0.29) is 0 Å². The zero-order valence-corrected chi connectivity index (χ0v) is 12.8. The van der Waals surface area contributed by atoms with Crippen LogP contribution in [-0.4, -0.2) is 50.9 Å². The van der Waals surface area contributed by atoms with E-state index in [2.05, 4.69) is 36.3 Å². The molecule has 112 valence electrons. The van der Waals surface area contributed by atoms with Crippen molar-refractivity contribution in [3.05, 3.63) is 29.8 Å². The molecular formula is C16H26N2O2. The Bertz CT molecular complexity index is 411. The van der Waals surface area contributed by atoms with Crippen LogP contribution in [0.2, 0.25) is 0 Å². The van der Waals surface area contributed by atoms with E-state index in [0.29, 0.717) is 18.8 Å². The van der Waals surface area contributed by atoms with E-state index < -0.39 is 0 Å². The van der Waals surface area contributed by atoms with E-state index in [1.54, 1.807) is 0 Å². The van der Waals surface area contributed by atoms with E-state index in [4.69, 9.17) is 9.47 Å². The summed E-state index contributed by atoms with van der Waals surface area (Å²) in [5.41, 5.74) is 1.25. The highest BCUT2D eigenvalue weighted by Gasteiger charge is 2.27. The van der Waals surface area contributed by atoms with E-state index in [9.17, 15) is 0 Å². The molecule has 1 heterocycles. The molecule has 1 aromatic carbocycles. The Labute approximate surface area is 122 Å². The molecule has 4 nitrogen and oxygen atoms in total. The van der Waals surface area contributed by atoms with Gasteiger partial charge in [-0.2, -0.15) is 0 Å². The van der Waals surface area contributed by atoms with Gasteiger partial charge in [0.15, 0.2) is 0 Å². The largest absolute Gasteiger partial charge is 0.492 e. The lowest BCUT2D eigenvalue weighted by Gasteiger charge is -2.26. The van der Waals surface area contributed by atoms with Gasteiger partial charge in [-0.05, 0) is 45.1 Å². The summed E-state index contributed by atoms with van der Waals surface area (Å²) in [5.74, 6) is 0.946. The summed E-state index contributed by atoms with van der Waals surface area (Å²) >= 11 is 0. The highest BCUT2D eigenvalue weighted by Crippen LogP contribution is 2.18. The SMILES string of the molecule is CNCc1cccc(OCCN(C)C2CCOC2C)c1. The lowest BCUT2D eigenvalue weighted by atomic mass is 10.1. The zero-order valence-electron chi connectivity index (χ0n) is 12.8. The molecule has 1 fully saturated rings. The van der Waals surface area contributed by atoms with Crippen LogP contribution in [-0.2, 0) is 11.3 Å². The highest BCUT2D eigenvalue weighted by atomic mass is 16.5. The van der Waals surface area contributed by atoms with Gasteiger partial charge in [-0.3, -0.25) is 4.90 Å². The molecule has 1 N–H and O–H groups in total. The Balaban J connectivity index is 1.76. The van der Waals surface area contributed by atoms with Crippen molar-refractivity contribution in [3.63, 3.8) is 0 Å². The van der Waals surface area contributed by atoms with Gasteiger partial charge in [0.2, 0.25) is 0 Å². The van der Waals surface area contributed by atoms with Crippen LogP contribution in [0, 0.1) is 0 Å². The van der Waals surface area contributed by atoms with Gasteiger partial charge < -0.3 is 14.8 Å². The number of likely N-dealkylation sites (N-methyl/N-ethyl adjacent to an activating group) is 1. The van der Waals surface area contributed by atoms with Crippen LogP contribution in [0.5, 0.6) is 5.75 Å². The third-order valence-corrected chi connectivity index (χ3v) is 3.89. The Morgan fingerprint density at radius 3 is 3.00 bits per heavy atom. The van der Waals surface area contributed by atoms with Gasteiger partial charge in [0.25, 0.3) is 0 Å². The van der Waals surface area contributed by atoms with Gasteiger partial charge in [-0.25, -0.2) is 0 Å². The molecule has 0 spiro atoms. The topological polar surface area (TPSA) is 33.7 Å². The number of nitrogens with one attached hydrogen (secondary N) is 1. The molecule has 2 atom stereocenters. The second-order valence-corrected chi connectivity index (χ2v) is 5.44. The van der Waals surface area contributed by atoms with Gasteiger partial charge in [0.1, 0.15) is 12.4 Å². The highest BCUT2D eigenvalue weighted by molar-refractivity contribution is 5.28. The van der Waals surface area contributed by atoms with Crippen LogP contribution in [0.25, 0.3) is 0 Å². The first-order chi connectivity index (χ1) is 9.70. The molecule has 0 bridgehead atoms. The number of ether oxygens (including phenoxy) is 2. The summed E-state index contributed by atoms with van der Waals surface area (Å²) in [6.45, 7) is 5.53. The fourth-order valence-corrected chi connectivity index (χ4v) is 2.72. The molecule has 2 unspecified atom stereocenters. The van der Waals surface area contributed by atoms with Gasteiger partial charge in [0, 0.05) is 25.7 Å². The molecule has 0 aromatic heterocycles. The first kappa shape index (κ1) is 15.3. The summed E-state index contributed by atoms with van der Waals surface area (Å²) in [5, 5.41) is 3.15. The maximum absolute atomic E-state index is 5.85. The Hall–Kier alpha value is -1.10. The minimum atomic E-state index is 0.332. The third-order valence-electron chi connectivity index (χ3n) is 3.89. The standard InChI is InChI=1S/C16H26N2O2/c1-13-16(7-9-19-13)18(3)8-10-20-15-6-4-5-14(11-15)12-17-2/h4-6,11,13,16-17H,7-10,12H2,1-3H3. The number of hydrogen-bond acceptors (Lipinski definition) is 4. The summed E-state index contributed by atoms with van der Waals surface area (Å²) in [7, 11) is 4.10. The predicted octanol–water partition coefficient (Wildman–Crippen LogP) is 1.89. The number of rotatable bonds is 7. The van der Waals surface area contributed by atoms with Crippen molar-refractivity contribution in [1.29, 1.82) is 0 Å². The second kappa shape index (κ2) is 7.62. The first-order valence-electron chi connectivity index (χ1n) is 7.39. The van der Waals surface area contributed by atoms with Crippen molar-refractivity contribution >= 4 is 0 Å². The lowest BCUT2D eigenvalue weighted by Crippen LogP contribution is -2.39. The van der Waals surface area contributed by atoms with Crippen molar-refractivity contribution < 1.29 is 9.47 Å². The van der Waals surface area contributed by atoms with Crippen molar-refractivity contribution in [2.24, 2.45) is 0 Å². The molecule has 2 rings (SSSR count). The predicted molar refractivity (Wildman–Crippen MR) is 81.1 cm³/mol. The molecule has 1 saturated heterocycles. The van der Waals surface area contributed by atoms with Crippen LogP contribution >= 0.6 is 0 Å². The summed E-state index contributed by atoms with van der Waals surface area (Å²) in [6.07, 6.45) is 1.45. The molecule has 0 radical (unpaired) electrons. The molecule has 0 saturated carbocycles. The average Bonchev–Trinajstić information content (AvgIpc) is 2.86. The average molecular weight is 278 g/mol. The zero-order chi connectivity index (χ0) is 14.4. The maximum Gasteiger partial charge on any atom is 0.119 e. The van der Waals surface area contributed by atoms with E-state index in [0.717, 1.165) is 31.9 Å². The van der Waals surface area contributed by atoms with Crippen LogP contribution < -0.4 is 10.1 Å². The van der Waals surface area contributed by atoms with Crippen LogP contribution in [0.15, 0.2) is 24.3 Å².